The molecule has 1 aliphatic carbocycles. The maximum atomic E-state index is 13.3. The maximum absolute atomic E-state index is 13.3. The van der Waals surface area contributed by atoms with Crippen molar-refractivity contribution in [1.82, 2.24) is 30.8 Å². The van der Waals surface area contributed by atoms with E-state index in [4.69, 9.17) is 9.90 Å². The molecule has 3 aromatic rings. The van der Waals surface area contributed by atoms with E-state index in [0.29, 0.717) is 42.9 Å². The van der Waals surface area contributed by atoms with Crippen LogP contribution in [-0.2, 0) is 9.59 Å². The lowest BCUT2D eigenvalue weighted by molar-refractivity contribution is -0.192. The van der Waals surface area contributed by atoms with Crippen LogP contribution in [0, 0.1) is 5.82 Å². The summed E-state index contributed by atoms with van der Waals surface area (Å²) in [6.45, 7) is 3.52. The van der Waals surface area contributed by atoms with Gasteiger partial charge in [0, 0.05) is 61.7 Å². The van der Waals surface area contributed by atoms with Crippen LogP contribution in [0.25, 0.3) is 11.4 Å². The Balaban J connectivity index is 0.000000591. The van der Waals surface area contributed by atoms with Gasteiger partial charge in [-0.15, -0.1) is 0 Å². The summed E-state index contributed by atoms with van der Waals surface area (Å²) in [5.74, 6) is -2.29. The maximum Gasteiger partial charge on any atom is 0.490 e. The number of carboxylic acid groups (broad SMARTS) is 1. The first-order chi connectivity index (χ1) is 21.5. The van der Waals surface area contributed by atoms with Crippen LogP contribution in [0.15, 0.2) is 67.0 Å². The second-order valence-corrected chi connectivity index (χ2v) is 10.7. The van der Waals surface area contributed by atoms with Gasteiger partial charge in [-0.2, -0.15) is 13.2 Å². The van der Waals surface area contributed by atoms with Gasteiger partial charge in [0.05, 0.1) is 0 Å². The summed E-state index contributed by atoms with van der Waals surface area (Å²) >= 11 is 0. The third-order valence-electron chi connectivity index (χ3n) is 7.41. The number of nitrogens with zero attached hydrogens (tertiary/aromatic N) is 3. The van der Waals surface area contributed by atoms with Gasteiger partial charge in [0.2, 0.25) is 5.91 Å². The summed E-state index contributed by atoms with van der Waals surface area (Å²) in [6, 6.07) is 15.3. The Bertz CT molecular complexity index is 1420. The first kappa shape index (κ1) is 33.5. The molecule has 1 aliphatic heterocycles. The number of rotatable bonds is 10. The van der Waals surface area contributed by atoms with E-state index in [1.165, 1.54) is 12.1 Å². The highest BCUT2D eigenvalue weighted by molar-refractivity contribution is 5.97. The van der Waals surface area contributed by atoms with E-state index < -0.39 is 18.2 Å². The highest BCUT2D eigenvalue weighted by atomic mass is 19.4. The Kier molecular flexibility index (Phi) is 11.5. The lowest BCUT2D eigenvalue weighted by atomic mass is 10.1. The van der Waals surface area contributed by atoms with E-state index in [-0.39, 0.29) is 17.6 Å². The number of benzene rings is 2. The lowest BCUT2D eigenvalue weighted by Gasteiger charge is -2.31. The van der Waals surface area contributed by atoms with Crippen LogP contribution in [0.3, 0.4) is 0 Å². The summed E-state index contributed by atoms with van der Waals surface area (Å²) in [5.41, 5.74) is 2.45. The zero-order valence-electron chi connectivity index (χ0n) is 24.3. The number of carbonyl (C=O) groups excluding carboxylic acids is 2. The summed E-state index contributed by atoms with van der Waals surface area (Å²) in [6.07, 6.45) is 0.590. The van der Waals surface area contributed by atoms with E-state index in [9.17, 15) is 27.2 Å². The van der Waals surface area contributed by atoms with Crippen LogP contribution < -0.4 is 16.0 Å². The van der Waals surface area contributed by atoms with Gasteiger partial charge >= 0.3 is 12.1 Å². The Morgan fingerprint density at radius 3 is 2.22 bits per heavy atom. The zero-order valence-corrected chi connectivity index (χ0v) is 24.3. The third kappa shape index (κ3) is 10.0. The first-order valence-electron chi connectivity index (χ1n) is 14.5. The second-order valence-electron chi connectivity index (χ2n) is 10.7. The minimum Gasteiger partial charge on any atom is -0.475 e. The fourth-order valence-corrected chi connectivity index (χ4v) is 4.92. The van der Waals surface area contributed by atoms with Gasteiger partial charge in [-0.25, -0.2) is 19.2 Å². The van der Waals surface area contributed by atoms with Crippen molar-refractivity contribution in [3.63, 3.8) is 0 Å². The molecule has 2 heterocycles. The van der Waals surface area contributed by atoms with E-state index >= 15 is 0 Å². The van der Waals surface area contributed by atoms with E-state index in [0.717, 1.165) is 43.6 Å². The quantitative estimate of drug-likeness (QED) is 0.198. The van der Waals surface area contributed by atoms with Gasteiger partial charge in [-0.05, 0) is 61.7 Å². The van der Waals surface area contributed by atoms with E-state index in [2.05, 4.69) is 25.9 Å². The molecule has 45 heavy (non-hydrogen) atoms. The van der Waals surface area contributed by atoms with E-state index in [1.807, 2.05) is 29.2 Å². The van der Waals surface area contributed by atoms with Crippen molar-refractivity contribution >= 4 is 17.8 Å². The number of amides is 2. The van der Waals surface area contributed by atoms with Crippen LogP contribution in [0.4, 0.5) is 17.6 Å². The third-order valence-corrected chi connectivity index (χ3v) is 7.41. The Morgan fingerprint density at radius 2 is 1.62 bits per heavy atom. The van der Waals surface area contributed by atoms with Gasteiger partial charge < -0.3 is 26.0 Å². The van der Waals surface area contributed by atoms with Crippen molar-refractivity contribution in [2.24, 2.45) is 0 Å². The SMILES string of the molecule is O=C(NC(CCCN[C@@H]1C[C@H]1c1ccc(F)cc1)C(=O)N1CCNCC1)c1ccc(-c2ncccn2)cc1.O=C(O)C(F)(F)F. The molecular weight excluding hydrogens is 596 g/mol. The Hall–Kier alpha value is -4.43. The monoisotopic (exact) mass is 630 g/mol. The van der Waals surface area contributed by atoms with Crippen molar-refractivity contribution in [3.8, 4) is 11.4 Å². The molecule has 0 bridgehead atoms. The van der Waals surface area contributed by atoms with Crippen LogP contribution in [0.5, 0.6) is 0 Å². The number of piperazine rings is 1. The zero-order chi connectivity index (χ0) is 32.4. The Morgan fingerprint density at radius 1 is 1.00 bits per heavy atom. The molecule has 240 valence electrons. The number of carboxylic acids is 1. The molecule has 10 nitrogen and oxygen atoms in total. The van der Waals surface area contributed by atoms with Crippen molar-refractivity contribution < 1.29 is 37.1 Å². The van der Waals surface area contributed by atoms with Crippen molar-refractivity contribution in [3.05, 3.63) is 83.9 Å². The second kappa shape index (κ2) is 15.5. The predicted molar refractivity (Wildman–Crippen MR) is 157 cm³/mol. The van der Waals surface area contributed by atoms with Gasteiger partial charge in [0.15, 0.2) is 5.82 Å². The molecule has 2 fully saturated rings. The lowest BCUT2D eigenvalue weighted by Crippen LogP contribution is -2.54. The smallest absolute Gasteiger partial charge is 0.475 e. The highest BCUT2D eigenvalue weighted by Gasteiger charge is 2.38. The predicted octanol–water partition coefficient (Wildman–Crippen LogP) is 3.37. The summed E-state index contributed by atoms with van der Waals surface area (Å²) in [4.78, 5) is 45.6. The molecule has 1 saturated heterocycles. The summed E-state index contributed by atoms with van der Waals surface area (Å²) in [7, 11) is 0. The largest absolute Gasteiger partial charge is 0.490 e. The molecule has 1 unspecified atom stereocenters. The van der Waals surface area contributed by atoms with Gasteiger partial charge in [0.1, 0.15) is 11.9 Å². The number of alkyl halides is 3. The average Bonchev–Trinajstić information content (AvgIpc) is 3.82. The topological polar surface area (TPSA) is 137 Å². The molecule has 0 spiro atoms. The molecule has 1 aromatic heterocycles. The standard InChI is InChI=1S/C29H33FN6O2.C2HF3O2/c30-23-10-8-20(9-11-23)24-19-26(24)32-12-1-3-25(29(38)36-17-15-31-16-18-36)35-28(37)22-6-4-21(5-7-22)27-33-13-2-14-34-27;3-2(4,5)1(6)7/h2,4-11,13-14,24-26,31-32H,1,3,12,15-19H2,(H,35,37);(H,6,7)/t24-,25?,26+;/m0./s1. The first-order valence-corrected chi connectivity index (χ1v) is 14.5. The molecule has 1 saturated carbocycles. The molecule has 4 N–H and O–H groups in total. The minimum atomic E-state index is -5.08. The summed E-state index contributed by atoms with van der Waals surface area (Å²) < 4.78 is 44.9. The number of aliphatic carboxylic acids is 1. The number of halogens is 4. The average molecular weight is 631 g/mol. The molecule has 2 aliphatic rings. The molecule has 2 aromatic carbocycles. The van der Waals surface area contributed by atoms with Gasteiger partial charge in [0.25, 0.3) is 5.91 Å². The highest BCUT2D eigenvalue weighted by Crippen LogP contribution is 2.40. The van der Waals surface area contributed by atoms with Crippen LogP contribution in [0.1, 0.15) is 41.1 Å². The minimum absolute atomic E-state index is 0.0373. The van der Waals surface area contributed by atoms with Crippen molar-refractivity contribution in [1.29, 1.82) is 0 Å². The van der Waals surface area contributed by atoms with Crippen molar-refractivity contribution in [2.45, 2.75) is 43.4 Å². The molecule has 2 amide bonds. The van der Waals surface area contributed by atoms with E-state index in [1.54, 1.807) is 30.6 Å². The fourth-order valence-electron chi connectivity index (χ4n) is 4.92. The fraction of sp³-hybridized carbons (Fsp3) is 0.387. The molecule has 3 atom stereocenters. The summed E-state index contributed by atoms with van der Waals surface area (Å²) in [5, 5.41) is 16.9. The van der Waals surface area contributed by atoms with Crippen LogP contribution in [0.2, 0.25) is 0 Å². The number of hydrogen-bond donors (Lipinski definition) is 4. The van der Waals surface area contributed by atoms with Gasteiger partial charge in [-0.1, -0.05) is 24.3 Å². The molecule has 14 heteroatoms. The van der Waals surface area contributed by atoms with Crippen molar-refractivity contribution in [2.75, 3.05) is 32.7 Å². The number of nitrogens with one attached hydrogen (secondary N) is 3. The van der Waals surface area contributed by atoms with Gasteiger partial charge in [-0.3, -0.25) is 9.59 Å². The molecular formula is C31H34F4N6O4. The number of aromatic nitrogens is 2. The Labute approximate surface area is 257 Å². The number of hydrogen-bond acceptors (Lipinski definition) is 7. The number of carbonyl (C=O) groups is 3. The molecule has 0 radical (unpaired) electrons. The normalized spacial score (nSPS) is 18.3. The molecule has 5 rings (SSSR count). The van der Waals surface area contributed by atoms with Crippen LogP contribution >= 0.6 is 0 Å². The van der Waals surface area contributed by atoms with Crippen LogP contribution in [-0.4, -0.2) is 88.7 Å².